The van der Waals surface area contributed by atoms with Gasteiger partial charge in [-0.1, -0.05) is 12.1 Å². The highest BCUT2D eigenvalue weighted by atomic mass is 15.2. The summed E-state index contributed by atoms with van der Waals surface area (Å²) in [7, 11) is 1.90. The van der Waals surface area contributed by atoms with Gasteiger partial charge < -0.3 is 10.6 Å². The number of aromatic nitrogens is 2. The Morgan fingerprint density at radius 1 is 1.44 bits per heavy atom. The van der Waals surface area contributed by atoms with Crippen LogP contribution in [0.4, 0.5) is 11.5 Å². The molecule has 0 spiro atoms. The zero-order valence-corrected chi connectivity index (χ0v) is 10.0. The molecule has 0 amide bonds. The first-order chi connectivity index (χ1) is 8.70. The van der Waals surface area contributed by atoms with Crippen molar-refractivity contribution < 1.29 is 0 Å². The van der Waals surface area contributed by atoms with Crippen molar-refractivity contribution in [2.75, 3.05) is 17.7 Å². The Morgan fingerprint density at radius 3 is 3.00 bits per heavy atom. The van der Waals surface area contributed by atoms with E-state index in [0.29, 0.717) is 23.6 Å². The molecule has 0 bridgehead atoms. The fourth-order valence-electron chi connectivity index (χ4n) is 1.74. The first kappa shape index (κ1) is 11.9. The Morgan fingerprint density at radius 2 is 2.28 bits per heavy atom. The Bertz CT molecular complexity index is 588. The monoisotopic (exact) mass is 239 g/mol. The van der Waals surface area contributed by atoms with Gasteiger partial charge in [-0.15, -0.1) is 0 Å². The first-order valence-corrected chi connectivity index (χ1v) is 5.46. The van der Waals surface area contributed by atoms with E-state index in [1.807, 2.05) is 30.1 Å². The van der Waals surface area contributed by atoms with E-state index < -0.39 is 0 Å². The van der Waals surface area contributed by atoms with Gasteiger partial charge in [0.25, 0.3) is 0 Å². The largest absolute Gasteiger partial charge is 0.394 e. The number of nitrogen functional groups attached to an aromatic ring is 1. The van der Waals surface area contributed by atoms with Crippen LogP contribution in [-0.4, -0.2) is 17.0 Å². The molecule has 2 rings (SSSR count). The zero-order chi connectivity index (χ0) is 13.0. The minimum atomic E-state index is 0.538. The molecule has 0 radical (unpaired) electrons. The Hall–Kier alpha value is -2.61. The predicted octanol–water partition coefficient (Wildman–Crippen LogP) is 1.57. The molecule has 0 aliphatic rings. The van der Waals surface area contributed by atoms with Crippen molar-refractivity contribution in [2.45, 2.75) is 6.54 Å². The Balaban J connectivity index is 2.19. The van der Waals surface area contributed by atoms with Crippen LogP contribution < -0.4 is 10.6 Å². The lowest BCUT2D eigenvalue weighted by Crippen LogP contribution is -2.19. The molecule has 90 valence electrons. The molecule has 1 aromatic carbocycles. The summed E-state index contributed by atoms with van der Waals surface area (Å²) in [6.45, 7) is 0.636. The second-order valence-electron chi connectivity index (χ2n) is 3.97. The maximum absolute atomic E-state index is 8.85. The summed E-state index contributed by atoms with van der Waals surface area (Å²) in [6, 6.07) is 9.59. The molecule has 0 fully saturated rings. The van der Waals surface area contributed by atoms with Crippen molar-refractivity contribution in [3.8, 4) is 6.07 Å². The fourth-order valence-corrected chi connectivity index (χ4v) is 1.74. The molecule has 1 aromatic heterocycles. The molecule has 5 nitrogen and oxygen atoms in total. The van der Waals surface area contributed by atoms with E-state index in [1.54, 1.807) is 12.3 Å². The van der Waals surface area contributed by atoms with E-state index in [2.05, 4.69) is 16.0 Å². The van der Waals surface area contributed by atoms with Crippen LogP contribution in [0.2, 0.25) is 0 Å². The molecule has 0 aliphatic carbocycles. The summed E-state index contributed by atoms with van der Waals surface area (Å²) in [5, 5.41) is 8.85. The van der Waals surface area contributed by atoms with Gasteiger partial charge in [-0.25, -0.2) is 9.97 Å². The van der Waals surface area contributed by atoms with Gasteiger partial charge in [0.1, 0.15) is 6.33 Å². The van der Waals surface area contributed by atoms with Crippen LogP contribution in [-0.2, 0) is 6.54 Å². The second-order valence-corrected chi connectivity index (χ2v) is 3.97. The zero-order valence-electron chi connectivity index (χ0n) is 10.0. The van der Waals surface area contributed by atoms with E-state index >= 15 is 0 Å². The van der Waals surface area contributed by atoms with Crippen LogP contribution >= 0.6 is 0 Å². The SMILES string of the molecule is CN(Cc1cccc(C#N)c1)c1ncncc1N. The number of rotatable bonds is 3. The van der Waals surface area contributed by atoms with Crippen molar-refractivity contribution in [2.24, 2.45) is 0 Å². The normalized spacial score (nSPS) is 9.78. The number of benzene rings is 1. The van der Waals surface area contributed by atoms with Gasteiger partial charge in [-0.3, -0.25) is 0 Å². The summed E-state index contributed by atoms with van der Waals surface area (Å²) in [6.07, 6.45) is 3.04. The van der Waals surface area contributed by atoms with Crippen LogP contribution in [0.1, 0.15) is 11.1 Å². The number of hydrogen-bond donors (Lipinski definition) is 1. The van der Waals surface area contributed by atoms with Gasteiger partial charge in [0.15, 0.2) is 5.82 Å². The predicted molar refractivity (Wildman–Crippen MR) is 69.7 cm³/mol. The molecule has 2 aromatic rings. The third kappa shape index (κ3) is 2.55. The van der Waals surface area contributed by atoms with E-state index in [-0.39, 0.29) is 0 Å². The maximum atomic E-state index is 8.85. The molecule has 0 saturated carbocycles. The lowest BCUT2D eigenvalue weighted by atomic mass is 10.1. The van der Waals surface area contributed by atoms with Gasteiger partial charge in [-0.2, -0.15) is 5.26 Å². The molecule has 2 N–H and O–H groups in total. The van der Waals surface area contributed by atoms with Gasteiger partial charge >= 0.3 is 0 Å². The van der Waals surface area contributed by atoms with E-state index in [9.17, 15) is 0 Å². The van der Waals surface area contributed by atoms with Crippen LogP contribution in [0, 0.1) is 11.3 Å². The average Bonchev–Trinajstić information content (AvgIpc) is 2.39. The molecule has 0 saturated heterocycles. The highest BCUT2D eigenvalue weighted by molar-refractivity contribution is 5.60. The smallest absolute Gasteiger partial charge is 0.155 e. The van der Waals surface area contributed by atoms with Gasteiger partial charge in [0.2, 0.25) is 0 Å². The third-order valence-electron chi connectivity index (χ3n) is 2.56. The number of nitrogens with two attached hydrogens (primary N) is 1. The second kappa shape index (κ2) is 5.15. The number of nitrogens with zero attached hydrogens (tertiary/aromatic N) is 4. The van der Waals surface area contributed by atoms with Crippen LogP contribution in [0.25, 0.3) is 0 Å². The molecule has 0 aliphatic heterocycles. The fraction of sp³-hybridized carbons (Fsp3) is 0.154. The van der Waals surface area contributed by atoms with E-state index in [0.717, 1.165) is 5.56 Å². The Labute approximate surface area is 106 Å². The molecular weight excluding hydrogens is 226 g/mol. The molecule has 1 heterocycles. The van der Waals surface area contributed by atoms with Crippen LogP contribution in [0.3, 0.4) is 0 Å². The van der Waals surface area contributed by atoms with E-state index in [4.69, 9.17) is 11.0 Å². The molecule has 18 heavy (non-hydrogen) atoms. The number of hydrogen-bond acceptors (Lipinski definition) is 5. The standard InChI is InChI=1S/C13H13N5/c1-18(13-12(15)7-16-9-17-13)8-11-4-2-3-10(5-11)6-14/h2-5,7,9H,8,15H2,1H3. The molecule has 0 atom stereocenters. The van der Waals surface area contributed by atoms with Gasteiger partial charge in [0, 0.05) is 13.6 Å². The van der Waals surface area contributed by atoms with Crippen molar-refractivity contribution in [1.82, 2.24) is 9.97 Å². The number of nitriles is 1. The summed E-state index contributed by atoms with van der Waals surface area (Å²) in [4.78, 5) is 9.92. The lowest BCUT2D eigenvalue weighted by Gasteiger charge is -2.19. The van der Waals surface area contributed by atoms with Crippen molar-refractivity contribution in [1.29, 1.82) is 5.26 Å². The summed E-state index contributed by atoms with van der Waals surface area (Å²) >= 11 is 0. The van der Waals surface area contributed by atoms with Crippen molar-refractivity contribution in [3.63, 3.8) is 0 Å². The van der Waals surface area contributed by atoms with Crippen LogP contribution in [0.15, 0.2) is 36.8 Å². The molecule has 0 unspecified atom stereocenters. The van der Waals surface area contributed by atoms with Crippen molar-refractivity contribution >= 4 is 11.5 Å². The van der Waals surface area contributed by atoms with Gasteiger partial charge in [-0.05, 0) is 17.7 Å². The minimum absolute atomic E-state index is 0.538. The van der Waals surface area contributed by atoms with Crippen LogP contribution in [0.5, 0.6) is 0 Å². The quantitative estimate of drug-likeness (QED) is 0.879. The molecule has 5 heteroatoms. The maximum Gasteiger partial charge on any atom is 0.155 e. The highest BCUT2D eigenvalue weighted by Gasteiger charge is 2.07. The molecular formula is C13H13N5. The minimum Gasteiger partial charge on any atom is -0.394 e. The lowest BCUT2D eigenvalue weighted by molar-refractivity contribution is 0.893. The van der Waals surface area contributed by atoms with Gasteiger partial charge in [0.05, 0.1) is 23.5 Å². The van der Waals surface area contributed by atoms with Crippen molar-refractivity contribution in [3.05, 3.63) is 47.9 Å². The Kier molecular flexibility index (Phi) is 3.39. The first-order valence-electron chi connectivity index (χ1n) is 5.46. The number of anilines is 2. The third-order valence-corrected chi connectivity index (χ3v) is 2.56. The summed E-state index contributed by atoms with van der Waals surface area (Å²) in [5.74, 6) is 0.687. The highest BCUT2D eigenvalue weighted by Crippen LogP contribution is 2.18. The summed E-state index contributed by atoms with van der Waals surface area (Å²) in [5.41, 5.74) is 8.04. The van der Waals surface area contributed by atoms with E-state index in [1.165, 1.54) is 6.33 Å². The topological polar surface area (TPSA) is 78.8 Å². The average molecular weight is 239 g/mol. The summed E-state index contributed by atoms with van der Waals surface area (Å²) < 4.78 is 0.